The lowest BCUT2D eigenvalue weighted by molar-refractivity contribution is -0.385. The van der Waals surface area contributed by atoms with Crippen LogP contribution in [0, 0.1) is 10.1 Å². The molecule has 6 nitrogen and oxygen atoms in total. The van der Waals surface area contributed by atoms with Gasteiger partial charge in [0.25, 0.3) is 9.05 Å². The van der Waals surface area contributed by atoms with E-state index < -0.39 is 25.4 Å². The summed E-state index contributed by atoms with van der Waals surface area (Å²) in [6.45, 7) is 0. The summed E-state index contributed by atoms with van der Waals surface area (Å²) in [5, 5.41) is 19.3. The second-order valence-corrected chi connectivity index (χ2v) is 4.91. The number of aromatic hydroxyl groups is 1. The van der Waals surface area contributed by atoms with Crippen molar-refractivity contribution in [2.24, 2.45) is 0 Å². The zero-order chi connectivity index (χ0) is 10.9. The van der Waals surface area contributed by atoms with E-state index in [0.717, 1.165) is 18.2 Å². The summed E-state index contributed by atoms with van der Waals surface area (Å²) in [6, 6.07) is 2.53. The Labute approximate surface area is 83.3 Å². The number of phenolic OH excluding ortho intramolecular Hbond substituents is 1. The highest BCUT2D eigenvalue weighted by Crippen LogP contribution is 2.29. The number of benzene rings is 1. The van der Waals surface area contributed by atoms with E-state index in [1.165, 1.54) is 0 Å². The van der Waals surface area contributed by atoms with E-state index in [0.29, 0.717) is 0 Å². The molecule has 1 aromatic carbocycles. The fraction of sp³-hybridized carbons (Fsp3) is 0. The van der Waals surface area contributed by atoms with E-state index in [4.69, 9.17) is 15.8 Å². The van der Waals surface area contributed by atoms with Crippen LogP contribution < -0.4 is 0 Å². The summed E-state index contributed by atoms with van der Waals surface area (Å²) >= 11 is 0. The summed E-state index contributed by atoms with van der Waals surface area (Å²) in [7, 11) is 0.976. The van der Waals surface area contributed by atoms with E-state index >= 15 is 0 Å². The summed E-state index contributed by atoms with van der Waals surface area (Å²) in [4.78, 5) is 9.03. The van der Waals surface area contributed by atoms with E-state index in [9.17, 15) is 18.5 Å². The van der Waals surface area contributed by atoms with Gasteiger partial charge in [-0.15, -0.1) is 0 Å². The molecule has 1 rings (SSSR count). The first-order valence-corrected chi connectivity index (χ1v) is 5.55. The molecule has 0 radical (unpaired) electrons. The first-order chi connectivity index (χ1) is 6.32. The minimum Gasteiger partial charge on any atom is -0.502 e. The molecule has 0 atom stereocenters. The zero-order valence-corrected chi connectivity index (χ0v) is 8.12. The van der Waals surface area contributed by atoms with Crippen molar-refractivity contribution in [1.29, 1.82) is 0 Å². The van der Waals surface area contributed by atoms with Crippen LogP contribution in [0.3, 0.4) is 0 Å². The monoisotopic (exact) mass is 237 g/mol. The van der Waals surface area contributed by atoms with Crippen molar-refractivity contribution in [3.8, 4) is 5.75 Å². The van der Waals surface area contributed by atoms with Gasteiger partial charge in [-0.1, -0.05) is 0 Å². The van der Waals surface area contributed by atoms with Crippen molar-refractivity contribution in [2.75, 3.05) is 0 Å². The molecule has 14 heavy (non-hydrogen) atoms. The van der Waals surface area contributed by atoms with Gasteiger partial charge >= 0.3 is 5.69 Å². The fourth-order valence-corrected chi connectivity index (χ4v) is 1.58. The summed E-state index contributed by atoms with van der Waals surface area (Å²) in [6.07, 6.45) is 0. The first kappa shape index (κ1) is 10.7. The van der Waals surface area contributed by atoms with Gasteiger partial charge in [0, 0.05) is 22.8 Å². The molecule has 0 fully saturated rings. The number of rotatable bonds is 2. The molecule has 0 spiro atoms. The predicted octanol–water partition coefficient (Wildman–Crippen LogP) is 1.23. The minimum absolute atomic E-state index is 0.387. The van der Waals surface area contributed by atoms with E-state index in [1.807, 2.05) is 0 Å². The first-order valence-electron chi connectivity index (χ1n) is 3.24. The van der Waals surface area contributed by atoms with Crippen molar-refractivity contribution in [1.82, 2.24) is 0 Å². The van der Waals surface area contributed by atoms with Crippen LogP contribution in [0.5, 0.6) is 5.75 Å². The van der Waals surface area contributed by atoms with Crippen LogP contribution in [0.25, 0.3) is 0 Å². The normalized spacial score (nSPS) is 11.2. The Morgan fingerprint density at radius 2 is 2.00 bits per heavy atom. The van der Waals surface area contributed by atoms with Crippen LogP contribution in [0.1, 0.15) is 0 Å². The van der Waals surface area contributed by atoms with Crippen LogP contribution in [-0.2, 0) is 9.05 Å². The van der Waals surface area contributed by atoms with Gasteiger partial charge in [-0.3, -0.25) is 10.1 Å². The Morgan fingerprint density at radius 3 is 2.36 bits per heavy atom. The van der Waals surface area contributed by atoms with E-state index in [1.54, 1.807) is 0 Å². The van der Waals surface area contributed by atoms with Crippen LogP contribution >= 0.6 is 10.7 Å². The smallest absolute Gasteiger partial charge is 0.310 e. The molecular formula is C6H4ClNO5S. The van der Waals surface area contributed by atoms with Gasteiger partial charge < -0.3 is 5.11 Å². The standard InChI is InChI=1S/C6H4ClNO5S/c7-14(12,13)4-1-2-5(8(10)11)6(9)3-4/h1-3,9H. The van der Waals surface area contributed by atoms with Crippen molar-refractivity contribution >= 4 is 25.4 Å². The lowest BCUT2D eigenvalue weighted by atomic mass is 10.3. The molecule has 76 valence electrons. The van der Waals surface area contributed by atoms with Gasteiger partial charge in [-0.25, -0.2) is 8.42 Å². The lowest BCUT2D eigenvalue weighted by Gasteiger charge is -1.98. The molecule has 1 N–H and O–H groups in total. The summed E-state index contributed by atoms with van der Waals surface area (Å²) in [5.74, 6) is -0.739. The SMILES string of the molecule is O=[N+]([O-])c1ccc(S(=O)(=O)Cl)cc1O. The average molecular weight is 238 g/mol. The maximum Gasteiger partial charge on any atom is 0.310 e. The van der Waals surface area contributed by atoms with Gasteiger partial charge in [0.05, 0.1) is 9.82 Å². The van der Waals surface area contributed by atoms with Crippen molar-refractivity contribution in [3.05, 3.63) is 28.3 Å². The third kappa shape index (κ3) is 2.12. The van der Waals surface area contributed by atoms with Crippen LogP contribution in [0.15, 0.2) is 23.1 Å². The Bertz CT molecular complexity index is 483. The fourth-order valence-electron chi connectivity index (χ4n) is 0.809. The Balaban J connectivity index is 3.34. The Morgan fingerprint density at radius 1 is 1.43 bits per heavy atom. The molecule has 0 aromatic heterocycles. The maximum atomic E-state index is 10.8. The molecule has 8 heteroatoms. The summed E-state index contributed by atoms with van der Waals surface area (Å²) < 4.78 is 21.5. The molecule has 0 aliphatic carbocycles. The van der Waals surface area contributed by atoms with E-state index in [2.05, 4.69) is 0 Å². The molecule has 0 amide bonds. The van der Waals surface area contributed by atoms with Crippen molar-refractivity contribution < 1.29 is 18.4 Å². The van der Waals surface area contributed by atoms with Crippen molar-refractivity contribution in [2.45, 2.75) is 4.90 Å². The number of nitro benzene ring substituents is 1. The molecule has 0 aliphatic rings. The van der Waals surface area contributed by atoms with Gasteiger partial charge in [0.15, 0.2) is 5.75 Å². The van der Waals surface area contributed by atoms with E-state index in [-0.39, 0.29) is 4.90 Å². The van der Waals surface area contributed by atoms with Gasteiger partial charge in [-0.2, -0.15) is 0 Å². The van der Waals surface area contributed by atoms with Crippen molar-refractivity contribution in [3.63, 3.8) is 0 Å². The molecule has 0 bridgehead atoms. The second kappa shape index (κ2) is 3.43. The van der Waals surface area contributed by atoms with Crippen LogP contribution in [-0.4, -0.2) is 18.4 Å². The largest absolute Gasteiger partial charge is 0.502 e. The van der Waals surface area contributed by atoms with Gasteiger partial charge in [0.2, 0.25) is 0 Å². The van der Waals surface area contributed by atoms with Crippen LogP contribution in [0.4, 0.5) is 5.69 Å². The Hall–Kier alpha value is -1.34. The molecule has 0 saturated heterocycles. The number of hydrogen-bond donors (Lipinski definition) is 1. The maximum absolute atomic E-state index is 10.8. The third-order valence-corrected chi connectivity index (χ3v) is 2.78. The molecule has 0 saturated carbocycles. The summed E-state index contributed by atoms with van der Waals surface area (Å²) in [5.41, 5.74) is -0.575. The quantitative estimate of drug-likeness (QED) is 0.474. The lowest BCUT2D eigenvalue weighted by Crippen LogP contribution is -1.93. The van der Waals surface area contributed by atoms with Gasteiger partial charge in [0.1, 0.15) is 0 Å². The second-order valence-electron chi connectivity index (χ2n) is 2.35. The van der Waals surface area contributed by atoms with Gasteiger partial charge in [-0.05, 0) is 6.07 Å². The minimum atomic E-state index is -3.98. The molecule has 0 unspecified atom stereocenters. The molecule has 1 aromatic rings. The number of nitrogens with zero attached hydrogens (tertiary/aromatic N) is 1. The number of nitro groups is 1. The Kier molecular flexibility index (Phi) is 2.63. The third-order valence-electron chi connectivity index (χ3n) is 1.43. The topological polar surface area (TPSA) is 97.5 Å². The predicted molar refractivity (Wildman–Crippen MR) is 47.8 cm³/mol. The number of phenols is 1. The number of halogens is 1. The highest BCUT2D eigenvalue weighted by molar-refractivity contribution is 8.13. The highest BCUT2D eigenvalue weighted by Gasteiger charge is 2.17. The average Bonchev–Trinajstić information content (AvgIpc) is 2.01. The zero-order valence-electron chi connectivity index (χ0n) is 6.55. The highest BCUT2D eigenvalue weighted by atomic mass is 35.7. The molecule has 0 heterocycles. The molecule has 0 aliphatic heterocycles. The van der Waals surface area contributed by atoms with Crippen LogP contribution in [0.2, 0.25) is 0 Å². The molecular weight excluding hydrogens is 234 g/mol. The number of hydrogen-bond acceptors (Lipinski definition) is 5.